The summed E-state index contributed by atoms with van der Waals surface area (Å²) in [6.07, 6.45) is 3.40. The predicted molar refractivity (Wildman–Crippen MR) is 117 cm³/mol. The summed E-state index contributed by atoms with van der Waals surface area (Å²) in [6, 6.07) is 14.7. The number of azide groups is 1. The molecule has 0 aliphatic rings. The minimum Gasteiger partial charge on any atom is -0.326 e. The fourth-order valence-corrected chi connectivity index (χ4v) is 2.76. The van der Waals surface area contributed by atoms with Crippen molar-refractivity contribution >= 4 is 33.2 Å². The molecule has 2 N–H and O–H groups in total. The van der Waals surface area contributed by atoms with Gasteiger partial charge in [0.05, 0.1) is 30.7 Å². The lowest BCUT2D eigenvalue weighted by molar-refractivity contribution is 1.04. The standard InChI is InChI=1S/C11H7N5.C11H9N3/c1-13-10-3-2-9-4-8(7-15-16-12)6-14-11(9)5-10;1-13-10-3-2-9-4-8(6-12)7-14-11(9)5-10/h2-6H,7H2;2-5,7H,6,12H2. The molecule has 0 aliphatic carbocycles. The van der Waals surface area contributed by atoms with Gasteiger partial charge in [0, 0.05) is 23.9 Å². The lowest BCUT2D eigenvalue weighted by Crippen LogP contribution is -1.96. The van der Waals surface area contributed by atoms with Gasteiger partial charge in [0.2, 0.25) is 0 Å². The predicted octanol–water partition coefficient (Wildman–Crippen LogP) is 5.84. The van der Waals surface area contributed by atoms with E-state index in [0.29, 0.717) is 24.5 Å². The summed E-state index contributed by atoms with van der Waals surface area (Å²) in [6.45, 7) is 14.6. The Hall–Kier alpha value is -4.49. The first-order chi connectivity index (χ1) is 14.7. The maximum Gasteiger partial charge on any atom is 0.189 e. The molecule has 8 heteroatoms. The second kappa shape index (κ2) is 9.63. The van der Waals surface area contributed by atoms with E-state index in [9.17, 15) is 0 Å². The third-order valence-electron chi connectivity index (χ3n) is 4.26. The Morgan fingerprint density at radius 1 is 0.833 bits per heavy atom. The number of fused-ring (bicyclic) bond motifs is 2. The highest BCUT2D eigenvalue weighted by atomic mass is 15.1. The summed E-state index contributed by atoms with van der Waals surface area (Å²) in [5.74, 6) is 0. The van der Waals surface area contributed by atoms with Crippen molar-refractivity contribution in [2.24, 2.45) is 10.8 Å². The van der Waals surface area contributed by atoms with E-state index in [1.807, 2.05) is 24.3 Å². The lowest BCUT2D eigenvalue weighted by atomic mass is 10.1. The molecule has 0 saturated heterocycles. The van der Waals surface area contributed by atoms with Crippen LogP contribution in [0.5, 0.6) is 0 Å². The fourth-order valence-electron chi connectivity index (χ4n) is 2.76. The molecule has 0 unspecified atom stereocenters. The van der Waals surface area contributed by atoms with Gasteiger partial charge in [-0.05, 0) is 51.7 Å². The average molecular weight is 392 g/mol. The van der Waals surface area contributed by atoms with Gasteiger partial charge in [-0.2, -0.15) is 0 Å². The van der Waals surface area contributed by atoms with Crippen molar-refractivity contribution in [3.63, 3.8) is 0 Å². The van der Waals surface area contributed by atoms with Crippen molar-refractivity contribution < 1.29 is 0 Å². The summed E-state index contributed by atoms with van der Waals surface area (Å²) in [7, 11) is 0. The maximum absolute atomic E-state index is 8.21. The highest BCUT2D eigenvalue weighted by molar-refractivity contribution is 5.83. The number of rotatable bonds is 3. The van der Waals surface area contributed by atoms with E-state index in [1.165, 1.54) is 0 Å². The highest BCUT2D eigenvalue weighted by Gasteiger charge is 1.99. The van der Waals surface area contributed by atoms with Gasteiger partial charge < -0.3 is 5.73 Å². The van der Waals surface area contributed by atoms with Crippen LogP contribution in [0.1, 0.15) is 11.1 Å². The molecule has 0 amide bonds. The minimum absolute atomic E-state index is 0.296. The van der Waals surface area contributed by atoms with E-state index in [-0.39, 0.29) is 0 Å². The summed E-state index contributed by atoms with van der Waals surface area (Å²) >= 11 is 0. The zero-order valence-corrected chi connectivity index (χ0v) is 15.9. The van der Waals surface area contributed by atoms with Gasteiger partial charge in [0.1, 0.15) is 0 Å². The Labute approximate surface area is 172 Å². The van der Waals surface area contributed by atoms with Gasteiger partial charge in [-0.15, -0.1) is 0 Å². The van der Waals surface area contributed by atoms with E-state index >= 15 is 0 Å². The van der Waals surface area contributed by atoms with Crippen LogP contribution in [0.25, 0.3) is 41.9 Å². The van der Waals surface area contributed by atoms with Gasteiger partial charge in [0.15, 0.2) is 11.4 Å². The smallest absolute Gasteiger partial charge is 0.189 e. The maximum atomic E-state index is 8.21. The quantitative estimate of drug-likeness (QED) is 0.205. The number of hydrogen-bond donors (Lipinski definition) is 1. The number of hydrogen-bond acceptors (Lipinski definition) is 4. The van der Waals surface area contributed by atoms with E-state index in [0.717, 1.165) is 32.9 Å². The number of benzene rings is 2. The van der Waals surface area contributed by atoms with E-state index in [2.05, 4.69) is 29.7 Å². The van der Waals surface area contributed by atoms with Crippen LogP contribution < -0.4 is 5.73 Å². The van der Waals surface area contributed by atoms with Crippen molar-refractivity contribution in [2.45, 2.75) is 13.1 Å². The molecule has 0 radical (unpaired) electrons. The van der Waals surface area contributed by atoms with Gasteiger partial charge in [-0.1, -0.05) is 29.4 Å². The molecule has 0 saturated carbocycles. The first kappa shape index (κ1) is 20.2. The third-order valence-corrected chi connectivity index (χ3v) is 4.26. The minimum atomic E-state index is 0.296. The topological polar surface area (TPSA) is 109 Å². The van der Waals surface area contributed by atoms with E-state index < -0.39 is 0 Å². The van der Waals surface area contributed by atoms with Crippen LogP contribution in [-0.2, 0) is 13.1 Å². The van der Waals surface area contributed by atoms with Crippen LogP contribution in [0.15, 0.2) is 66.0 Å². The Balaban J connectivity index is 0.000000172. The van der Waals surface area contributed by atoms with Crippen LogP contribution >= 0.6 is 0 Å². The molecule has 2 aromatic heterocycles. The summed E-state index contributed by atoms with van der Waals surface area (Å²) in [5, 5.41) is 5.45. The van der Waals surface area contributed by atoms with Crippen molar-refractivity contribution in [3.05, 3.63) is 105 Å². The Morgan fingerprint density at radius 2 is 1.37 bits per heavy atom. The first-order valence-electron chi connectivity index (χ1n) is 8.90. The van der Waals surface area contributed by atoms with Crippen LogP contribution in [0, 0.1) is 13.1 Å². The Morgan fingerprint density at radius 3 is 1.87 bits per heavy atom. The highest BCUT2D eigenvalue weighted by Crippen LogP contribution is 2.21. The Bertz CT molecular complexity index is 1340. The molecular formula is C22H16N8. The largest absolute Gasteiger partial charge is 0.326 e. The SMILES string of the molecule is [C-]#[N+]c1ccc2cc(CN)cnc2c1.[C-]#[N+]c1ccc2cc(CN=[N+]=[N-])cnc2c1. The molecule has 2 aromatic carbocycles. The molecular weight excluding hydrogens is 376 g/mol. The molecule has 0 bridgehead atoms. The van der Waals surface area contributed by atoms with Gasteiger partial charge in [-0.25, -0.2) is 9.69 Å². The molecule has 2 heterocycles. The van der Waals surface area contributed by atoms with Crippen LogP contribution in [0.4, 0.5) is 11.4 Å². The van der Waals surface area contributed by atoms with Crippen molar-refractivity contribution in [1.29, 1.82) is 0 Å². The number of nitrogens with two attached hydrogens (primary N) is 1. The molecule has 30 heavy (non-hydrogen) atoms. The Kier molecular flexibility index (Phi) is 6.50. The van der Waals surface area contributed by atoms with Crippen LogP contribution in [0.3, 0.4) is 0 Å². The van der Waals surface area contributed by atoms with Gasteiger partial charge >= 0.3 is 0 Å². The molecule has 4 aromatic rings. The second-order valence-electron chi connectivity index (χ2n) is 6.26. The summed E-state index contributed by atoms with van der Waals surface area (Å²) in [4.78, 5) is 17.8. The fraction of sp³-hybridized carbons (Fsp3) is 0.0909. The lowest BCUT2D eigenvalue weighted by Gasteiger charge is -2.00. The molecule has 0 fully saturated rings. The van der Waals surface area contributed by atoms with Gasteiger partial charge in [0.25, 0.3) is 0 Å². The van der Waals surface area contributed by atoms with Crippen LogP contribution in [-0.4, -0.2) is 9.97 Å². The third kappa shape index (κ3) is 4.86. The van der Waals surface area contributed by atoms with Crippen molar-refractivity contribution in [2.75, 3.05) is 0 Å². The molecule has 0 spiro atoms. The summed E-state index contributed by atoms with van der Waals surface area (Å²) < 4.78 is 0. The van der Waals surface area contributed by atoms with Crippen molar-refractivity contribution in [3.8, 4) is 0 Å². The number of aromatic nitrogens is 2. The molecule has 4 rings (SSSR count). The van der Waals surface area contributed by atoms with Crippen LogP contribution in [0.2, 0.25) is 0 Å². The number of nitrogens with zero attached hydrogens (tertiary/aromatic N) is 7. The zero-order valence-electron chi connectivity index (χ0n) is 15.9. The van der Waals surface area contributed by atoms with Crippen molar-refractivity contribution in [1.82, 2.24) is 9.97 Å². The molecule has 0 atom stereocenters. The molecule has 144 valence electrons. The molecule has 8 nitrogen and oxygen atoms in total. The zero-order chi connectivity index (χ0) is 21.3. The molecule has 0 aliphatic heterocycles. The summed E-state index contributed by atoms with van der Waals surface area (Å²) in [5.41, 5.74) is 18.4. The van der Waals surface area contributed by atoms with Gasteiger partial charge in [-0.3, -0.25) is 9.97 Å². The monoisotopic (exact) mass is 392 g/mol. The second-order valence-corrected chi connectivity index (χ2v) is 6.26. The number of pyridine rings is 2. The van der Waals surface area contributed by atoms with E-state index in [1.54, 1.807) is 36.7 Å². The normalized spacial score (nSPS) is 9.70. The first-order valence-corrected chi connectivity index (χ1v) is 8.90. The van der Waals surface area contributed by atoms with E-state index in [4.69, 9.17) is 24.4 Å². The average Bonchev–Trinajstić information content (AvgIpc) is 2.81.